The number of carbonyl (C=O) groups excluding carboxylic acids is 1. The Morgan fingerprint density at radius 2 is 2.00 bits per heavy atom. The lowest BCUT2D eigenvalue weighted by Crippen LogP contribution is -2.06. The van der Waals surface area contributed by atoms with Gasteiger partial charge in [0.2, 0.25) is 5.91 Å². The zero-order chi connectivity index (χ0) is 20.4. The second kappa shape index (κ2) is 8.26. The molecule has 0 atom stereocenters. The number of nitrogens with zero attached hydrogens (tertiary/aromatic N) is 2. The molecule has 29 heavy (non-hydrogen) atoms. The van der Waals surface area contributed by atoms with E-state index in [-0.39, 0.29) is 5.91 Å². The molecule has 146 valence electrons. The number of nitrogens with one attached hydrogen (secondary N) is 1. The molecule has 0 spiro atoms. The molecule has 0 fully saturated rings. The molecule has 6 nitrogen and oxygen atoms in total. The number of halogens is 1. The number of aromatic nitrogens is 2. The summed E-state index contributed by atoms with van der Waals surface area (Å²) in [5.41, 5.74) is 2.45. The van der Waals surface area contributed by atoms with Gasteiger partial charge in [-0.3, -0.25) is 9.36 Å². The van der Waals surface area contributed by atoms with Crippen LogP contribution in [0.4, 0.5) is 5.69 Å². The summed E-state index contributed by atoms with van der Waals surface area (Å²) >= 11 is 4.98. The highest BCUT2D eigenvalue weighted by Crippen LogP contribution is 2.28. The van der Waals surface area contributed by atoms with Gasteiger partial charge in [-0.2, -0.15) is 0 Å². The Labute approximate surface area is 179 Å². The Morgan fingerprint density at radius 3 is 2.76 bits per heavy atom. The first-order chi connectivity index (χ1) is 14.0. The molecule has 0 saturated heterocycles. The van der Waals surface area contributed by atoms with E-state index in [1.807, 2.05) is 41.1 Å². The van der Waals surface area contributed by atoms with Gasteiger partial charge in [0.25, 0.3) is 0 Å². The number of benzene rings is 2. The van der Waals surface area contributed by atoms with E-state index in [4.69, 9.17) is 4.42 Å². The van der Waals surface area contributed by atoms with Crippen LogP contribution < -0.4 is 10.9 Å². The smallest absolute Gasteiger partial charge is 0.336 e. The van der Waals surface area contributed by atoms with Crippen molar-refractivity contribution in [2.75, 3.05) is 5.32 Å². The molecule has 0 aliphatic rings. The molecule has 0 aliphatic heterocycles. The molecule has 4 rings (SSSR count). The third-order valence-electron chi connectivity index (χ3n) is 4.22. The van der Waals surface area contributed by atoms with Crippen molar-refractivity contribution in [1.29, 1.82) is 0 Å². The van der Waals surface area contributed by atoms with E-state index in [9.17, 15) is 9.59 Å². The Kier molecular flexibility index (Phi) is 5.55. The van der Waals surface area contributed by atoms with Crippen molar-refractivity contribution in [1.82, 2.24) is 9.55 Å². The van der Waals surface area contributed by atoms with E-state index in [2.05, 4.69) is 26.2 Å². The summed E-state index contributed by atoms with van der Waals surface area (Å²) in [6, 6.07) is 14.8. The largest absolute Gasteiger partial charge is 0.423 e. The van der Waals surface area contributed by atoms with Gasteiger partial charge in [0.1, 0.15) is 5.58 Å². The van der Waals surface area contributed by atoms with Crippen LogP contribution in [0.5, 0.6) is 0 Å². The number of fused-ring (bicyclic) bond motifs is 1. The average molecular weight is 470 g/mol. The molecule has 0 saturated carbocycles. The normalized spacial score (nSPS) is 11.0. The molecule has 4 aromatic rings. The maximum Gasteiger partial charge on any atom is 0.336 e. The topological polar surface area (TPSA) is 77.1 Å². The lowest BCUT2D eigenvalue weighted by molar-refractivity contribution is -0.114. The van der Waals surface area contributed by atoms with Crippen LogP contribution >= 0.6 is 27.7 Å². The molecule has 1 amide bonds. The number of hydrogen-bond acceptors (Lipinski definition) is 5. The van der Waals surface area contributed by atoms with E-state index in [0.717, 1.165) is 26.3 Å². The molecule has 0 bridgehead atoms. The highest BCUT2D eigenvalue weighted by atomic mass is 79.9. The quantitative estimate of drug-likeness (QED) is 0.329. The van der Waals surface area contributed by atoms with Crippen LogP contribution in [0.1, 0.15) is 12.5 Å². The van der Waals surface area contributed by atoms with Crippen LogP contribution in [0.15, 0.2) is 79.8 Å². The van der Waals surface area contributed by atoms with Gasteiger partial charge in [-0.25, -0.2) is 9.78 Å². The number of hydrogen-bond donors (Lipinski definition) is 1. The van der Waals surface area contributed by atoms with Crippen molar-refractivity contribution in [2.24, 2.45) is 0 Å². The van der Waals surface area contributed by atoms with E-state index in [1.165, 1.54) is 24.8 Å². The van der Waals surface area contributed by atoms with Gasteiger partial charge in [0, 0.05) is 58.4 Å². The number of thioether (sulfide) groups is 1. The summed E-state index contributed by atoms with van der Waals surface area (Å²) in [4.78, 5) is 27.7. The van der Waals surface area contributed by atoms with Crippen molar-refractivity contribution in [3.05, 3.63) is 81.4 Å². The van der Waals surface area contributed by atoms with Crippen LogP contribution in [0.25, 0.3) is 16.7 Å². The Bertz CT molecular complexity index is 1250. The van der Waals surface area contributed by atoms with Crippen LogP contribution in [-0.2, 0) is 10.5 Å². The molecule has 0 unspecified atom stereocenters. The maximum atomic E-state index is 12.0. The fourth-order valence-corrected chi connectivity index (χ4v) is 4.20. The maximum absolute atomic E-state index is 12.0. The Balaban J connectivity index is 1.62. The lowest BCUT2D eigenvalue weighted by atomic mass is 10.1. The fraction of sp³-hybridized carbons (Fsp3) is 0.0952. The van der Waals surface area contributed by atoms with Gasteiger partial charge >= 0.3 is 5.63 Å². The van der Waals surface area contributed by atoms with Gasteiger partial charge in [-0.05, 0) is 42.0 Å². The summed E-state index contributed by atoms with van der Waals surface area (Å²) in [6.45, 7) is 1.43. The predicted octanol–water partition coefficient (Wildman–Crippen LogP) is 4.99. The summed E-state index contributed by atoms with van der Waals surface area (Å²) in [5, 5.41) is 4.35. The molecule has 0 aliphatic carbocycles. The zero-order valence-electron chi connectivity index (χ0n) is 15.4. The summed E-state index contributed by atoms with van der Waals surface area (Å²) in [6.07, 6.45) is 3.66. The minimum Gasteiger partial charge on any atom is -0.423 e. The molecule has 8 heteroatoms. The monoisotopic (exact) mass is 469 g/mol. The van der Waals surface area contributed by atoms with Gasteiger partial charge in [-0.1, -0.05) is 27.7 Å². The molecular weight excluding hydrogens is 454 g/mol. The molecule has 2 aromatic carbocycles. The third kappa shape index (κ3) is 4.44. The Morgan fingerprint density at radius 1 is 1.21 bits per heavy atom. The minimum absolute atomic E-state index is 0.182. The van der Waals surface area contributed by atoms with Crippen molar-refractivity contribution < 1.29 is 9.21 Å². The summed E-state index contributed by atoms with van der Waals surface area (Å²) < 4.78 is 8.33. The number of carbonyl (C=O) groups is 1. The summed E-state index contributed by atoms with van der Waals surface area (Å²) in [5.74, 6) is 0.368. The second-order valence-corrected chi connectivity index (χ2v) is 8.19. The van der Waals surface area contributed by atoms with Crippen molar-refractivity contribution in [3.8, 4) is 5.69 Å². The average Bonchev–Trinajstić information content (AvgIpc) is 3.14. The standard InChI is InChI=1S/C21H16BrN3O3S/c1-13(26)24-16-4-7-18-14(10-20(27)28-19(18)11-16)12-29-21-23-8-9-25(21)17-5-2-15(22)3-6-17/h2-11H,12H2,1H3,(H,24,26). The van der Waals surface area contributed by atoms with Crippen molar-refractivity contribution in [3.63, 3.8) is 0 Å². The minimum atomic E-state index is -0.427. The number of amides is 1. The van der Waals surface area contributed by atoms with Gasteiger partial charge < -0.3 is 9.73 Å². The second-order valence-electron chi connectivity index (χ2n) is 6.33. The first kappa shape index (κ1) is 19.5. The van der Waals surface area contributed by atoms with E-state index < -0.39 is 5.63 Å². The fourth-order valence-electron chi connectivity index (χ4n) is 2.97. The van der Waals surface area contributed by atoms with Crippen LogP contribution in [0, 0.1) is 0 Å². The first-order valence-electron chi connectivity index (χ1n) is 8.76. The first-order valence-corrected chi connectivity index (χ1v) is 10.5. The number of anilines is 1. The van der Waals surface area contributed by atoms with Crippen molar-refractivity contribution >= 4 is 50.3 Å². The molecule has 2 aromatic heterocycles. The van der Waals surface area contributed by atoms with Gasteiger partial charge in [0.05, 0.1) is 0 Å². The third-order valence-corrected chi connectivity index (χ3v) is 5.76. The zero-order valence-corrected chi connectivity index (χ0v) is 17.8. The SMILES string of the molecule is CC(=O)Nc1ccc2c(CSc3nccn3-c3ccc(Br)cc3)cc(=O)oc2c1. The molecule has 0 radical (unpaired) electrons. The predicted molar refractivity (Wildman–Crippen MR) is 118 cm³/mol. The van der Waals surface area contributed by atoms with Crippen LogP contribution in [-0.4, -0.2) is 15.5 Å². The number of rotatable bonds is 5. The summed E-state index contributed by atoms with van der Waals surface area (Å²) in [7, 11) is 0. The van der Waals surface area contributed by atoms with Crippen LogP contribution in [0.3, 0.4) is 0 Å². The molecule has 2 heterocycles. The molecule has 1 N–H and O–H groups in total. The van der Waals surface area contributed by atoms with E-state index in [1.54, 1.807) is 18.3 Å². The molecular formula is C21H16BrN3O3S. The van der Waals surface area contributed by atoms with Gasteiger partial charge in [-0.15, -0.1) is 0 Å². The van der Waals surface area contributed by atoms with Gasteiger partial charge in [0.15, 0.2) is 5.16 Å². The highest BCUT2D eigenvalue weighted by Gasteiger charge is 2.11. The van der Waals surface area contributed by atoms with Crippen molar-refractivity contribution in [2.45, 2.75) is 17.8 Å². The van der Waals surface area contributed by atoms with Crippen LogP contribution in [0.2, 0.25) is 0 Å². The lowest BCUT2D eigenvalue weighted by Gasteiger charge is -2.09. The number of imidazole rings is 1. The Hall–Kier alpha value is -2.84. The highest BCUT2D eigenvalue weighted by molar-refractivity contribution is 9.10. The van der Waals surface area contributed by atoms with E-state index in [0.29, 0.717) is 17.0 Å². The van der Waals surface area contributed by atoms with E-state index >= 15 is 0 Å².